The van der Waals surface area contributed by atoms with Crippen molar-refractivity contribution in [2.45, 2.75) is 45.7 Å². The summed E-state index contributed by atoms with van der Waals surface area (Å²) in [5, 5.41) is 0. The van der Waals surface area contributed by atoms with Gasteiger partial charge in [-0.25, -0.2) is 10.9 Å². The van der Waals surface area contributed by atoms with E-state index in [1.165, 1.54) is 5.56 Å². The van der Waals surface area contributed by atoms with Crippen LogP contribution >= 0.6 is 0 Å². The second-order valence-electron chi connectivity index (χ2n) is 9.45. The maximum atomic E-state index is 13.2. The van der Waals surface area contributed by atoms with Crippen molar-refractivity contribution in [1.82, 2.24) is 20.7 Å². The first-order chi connectivity index (χ1) is 13.8. The molecule has 6 nitrogen and oxygen atoms in total. The van der Waals surface area contributed by atoms with Crippen LogP contribution in [-0.2, 0) is 9.59 Å². The monoisotopic (exact) mass is 396 g/mol. The standard InChI is InChI=1S/C23H32N4O2/c1-16-20(17-7-5-4-6-8-17)24-25-21(16)22(29)27-11-9-26(10-12-27)18-13-19(28)15-23(2,3)14-18/h4-8,13,16,20-21,24-25H,9-12,14-15H2,1-3H3. The van der Waals surface area contributed by atoms with Crippen molar-refractivity contribution < 1.29 is 9.59 Å². The van der Waals surface area contributed by atoms with Crippen molar-refractivity contribution in [3.8, 4) is 0 Å². The zero-order valence-corrected chi connectivity index (χ0v) is 17.6. The summed E-state index contributed by atoms with van der Waals surface area (Å²) in [4.78, 5) is 29.5. The van der Waals surface area contributed by atoms with Gasteiger partial charge in [0.05, 0.1) is 6.04 Å². The Kier molecular flexibility index (Phi) is 5.49. The highest BCUT2D eigenvalue weighted by molar-refractivity contribution is 5.91. The molecule has 0 saturated carbocycles. The summed E-state index contributed by atoms with van der Waals surface area (Å²) in [6.07, 6.45) is 3.37. The molecule has 2 saturated heterocycles. The first-order valence-electron chi connectivity index (χ1n) is 10.7. The van der Waals surface area contributed by atoms with E-state index in [2.05, 4.69) is 48.7 Å². The first kappa shape index (κ1) is 20.1. The van der Waals surface area contributed by atoms with Crippen molar-refractivity contribution in [2.75, 3.05) is 26.2 Å². The van der Waals surface area contributed by atoms with Gasteiger partial charge in [0, 0.05) is 50.3 Å². The maximum absolute atomic E-state index is 13.2. The third-order valence-corrected chi connectivity index (χ3v) is 6.51. The van der Waals surface area contributed by atoms with E-state index in [-0.39, 0.29) is 35.1 Å². The normalized spacial score (nSPS) is 29.7. The lowest BCUT2D eigenvalue weighted by Crippen LogP contribution is -2.54. The average molecular weight is 397 g/mol. The smallest absolute Gasteiger partial charge is 0.241 e. The minimum atomic E-state index is -0.221. The largest absolute Gasteiger partial charge is 0.371 e. The lowest BCUT2D eigenvalue weighted by atomic mass is 9.78. The van der Waals surface area contributed by atoms with Gasteiger partial charge in [-0.2, -0.15) is 0 Å². The van der Waals surface area contributed by atoms with Gasteiger partial charge in [-0.3, -0.25) is 9.59 Å². The van der Waals surface area contributed by atoms with E-state index in [0.717, 1.165) is 25.2 Å². The van der Waals surface area contributed by atoms with Gasteiger partial charge in [0.25, 0.3) is 0 Å². The number of hydrogen-bond donors (Lipinski definition) is 2. The Balaban J connectivity index is 1.36. The molecule has 0 bridgehead atoms. The minimum Gasteiger partial charge on any atom is -0.371 e. The second kappa shape index (κ2) is 7.92. The van der Waals surface area contributed by atoms with Gasteiger partial charge >= 0.3 is 0 Å². The van der Waals surface area contributed by atoms with Crippen LogP contribution in [0.5, 0.6) is 0 Å². The molecule has 0 radical (unpaired) electrons. The molecular weight excluding hydrogens is 364 g/mol. The molecule has 2 heterocycles. The zero-order valence-electron chi connectivity index (χ0n) is 17.6. The Morgan fingerprint density at radius 2 is 1.72 bits per heavy atom. The number of nitrogens with zero attached hydrogens (tertiary/aromatic N) is 2. The van der Waals surface area contributed by atoms with Crippen LogP contribution in [-0.4, -0.2) is 53.7 Å². The maximum Gasteiger partial charge on any atom is 0.241 e. The molecule has 4 rings (SSSR count). The van der Waals surface area contributed by atoms with Crippen molar-refractivity contribution in [2.24, 2.45) is 11.3 Å². The molecule has 3 atom stereocenters. The Bertz CT molecular complexity index is 796. The summed E-state index contributed by atoms with van der Waals surface area (Å²) in [7, 11) is 0. The van der Waals surface area contributed by atoms with Gasteiger partial charge in [-0.05, 0) is 17.4 Å². The number of hydrazine groups is 1. The summed E-state index contributed by atoms with van der Waals surface area (Å²) >= 11 is 0. The van der Waals surface area contributed by atoms with Crippen LogP contribution in [0.3, 0.4) is 0 Å². The molecule has 2 N–H and O–H groups in total. The molecule has 1 aliphatic carbocycles. The van der Waals surface area contributed by atoms with Gasteiger partial charge in [-0.15, -0.1) is 0 Å². The second-order valence-corrected chi connectivity index (χ2v) is 9.45. The minimum absolute atomic E-state index is 0.0233. The van der Waals surface area contributed by atoms with E-state index in [1.54, 1.807) is 0 Å². The lowest BCUT2D eigenvalue weighted by molar-refractivity contribution is -0.135. The molecule has 0 spiro atoms. The highest BCUT2D eigenvalue weighted by atomic mass is 16.2. The molecule has 156 valence electrons. The topological polar surface area (TPSA) is 64.7 Å². The molecule has 3 aliphatic rings. The molecule has 29 heavy (non-hydrogen) atoms. The van der Waals surface area contributed by atoms with Crippen LogP contribution in [0.25, 0.3) is 0 Å². The van der Waals surface area contributed by atoms with Crippen molar-refractivity contribution in [3.05, 3.63) is 47.7 Å². The fourth-order valence-corrected chi connectivity index (χ4v) is 4.90. The van der Waals surface area contributed by atoms with Crippen LogP contribution in [0.15, 0.2) is 42.1 Å². The van der Waals surface area contributed by atoms with Crippen molar-refractivity contribution in [3.63, 3.8) is 0 Å². The predicted molar refractivity (Wildman–Crippen MR) is 113 cm³/mol. The van der Waals surface area contributed by atoms with Gasteiger partial charge in [0.2, 0.25) is 5.91 Å². The SMILES string of the molecule is CC1C(C(=O)N2CCN(C3=CC(=O)CC(C)(C)C3)CC2)NNC1c1ccccc1. The van der Waals surface area contributed by atoms with Gasteiger partial charge in [0.15, 0.2) is 5.78 Å². The summed E-state index contributed by atoms with van der Waals surface area (Å²) in [6.45, 7) is 9.42. The van der Waals surface area contributed by atoms with Crippen LogP contribution in [0.1, 0.15) is 45.2 Å². The highest BCUT2D eigenvalue weighted by Crippen LogP contribution is 2.35. The predicted octanol–water partition coefficient (Wildman–Crippen LogP) is 2.26. The molecule has 3 unspecified atom stereocenters. The van der Waals surface area contributed by atoms with Crippen LogP contribution < -0.4 is 10.9 Å². The molecular formula is C23H32N4O2. The molecule has 2 aliphatic heterocycles. The van der Waals surface area contributed by atoms with Gasteiger partial charge in [0.1, 0.15) is 6.04 Å². The number of allylic oxidation sites excluding steroid dienone is 2. The number of hydrogen-bond acceptors (Lipinski definition) is 5. The molecule has 1 aromatic carbocycles. The molecule has 2 fully saturated rings. The number of ketones is 1. The Morgan fingerprint density at radius 3 is 2.38 bits per heavy atom. The Hall–Kier alpha value is -2.18. The summed E-state index contributed by atoms with van der Waals surface area (Å²) in [5.74, 6) is 0.552. The number of carbonyl (C=O) groups is 2. The fraction of sp³-hybridized carbons (Fsp3) is 0.565. The number of piperazine rings is 1. The highest BCUT2D eigenvalue weighted by Gasteiger charge is 2.40. The van der Waals surface area contributed by atoms with E-state index < -0.39 is 0 Å². The average Bonchev–Trinajstić information content (AvgIpc) is 3.08. The Labute approximate surface area is 173 Å². The number of nitrogens with one attached hydrogen (secondary N) is 2. The zero-order chi connectivity index (χ0) is 20.6. The lowest BCUT2D eigenvalue weighted by Gasteiger charge is -2.41. The van der Waals surface area contributed by atoms with Crippen LogP contribution in [0.2, 0.25) is 0 Å². The number of amides is 1. The third-order valence-electron chi connectivity index (χ3n) is 6.51. The third kappa shape index (κ3) is 4.23. The number of benzene rings is 1. The summed E-state index contributed by atoms with van der Waals surface area (Å²) < 4.78 is 0. The van der Waals surface area contributed by atoms with Gasteiger partial charge in [-0.1, -0.05) is 51.1 Å². The van der Waals surface area contributed by atoms with Crippen molar-refractivity contribution in [1.29, 1.82) is 0 Å². The number of rotatable bonds is 3. The molecule has 1 amide bonds. The fourth-order valence-electron chi connectivity index (χ4n) is 4.90. The van der Waals surface area contributed by atoms with E-state index in [9.17, 15) is 9.59 Å². The summed E-state index contributed by atoms with van der Waals surface area (Å²) in [5.41, 5.74) is 8.90. The van der Waals surface area contributed by atoms with E-state index >= 15 is 0 Å². The Morgan fingerprint density at radius 1 is 1.03 bits per heavy atom. The van der Waals surface area contributed by atoms with Crippen LogP contribution in [0.4, 0.5) is 0 Å². The first-order valence-corrected chi connectivity index (χ1v) is 10.7. The molecule has 0 aromatic heterocycles. The molecule has 6 heteroatoms. The van der Waals surface area contributed by atoms with Crippen LogP contribution in [0, 0.1) is 11.3 Å². The van der Waals surface area contributed by atoms with E-state index in [1.807, 2.05) is 29.2 Å². The quantitative estimate of drug-likeness (QED) is 0.821. The number of carbonyl (C=O) groups excluding carboxylic acids is 2. The molecule has 1 aromatic rings. The van der Waals surface area contributed by atoms with E-state index in [0.29, 0.717) is 19.5 Å². The summed E-state index contributed by atoms with van der Waals surface area (Å²) in [6, 6.07) is 10.2. The van der Waals surface area contributed by atoms with Crippen molar-refractivity contribution >= 4 is 11.7 Å². The van der Waals surface area contributed by atoms with E-state index in [4.69, 9.17) is 0 Å². The van der Waals surface area contributed by atoms with Gasteiger partial charge < -0.3 is 9.80 Å².